The van der Waals surface area contributed by atoms with Crippen LogP contribution in [0.4, 0.5) is 0 Å². The quantitative estimate of drug-likeness (QED) is 0.668. The van der Waals surface area contributed by atoms with Gasteiger partial charge in [-0.3, -0.25) is 0 Å². The fourth-order valence-corrected chi connectivity index (χ4v) is 9.38. The Bertz CT molecular complexity index is 151. The van der Waals surface area contributed by atoms with Crippen LogP contribution in [0, 0.1) is 17.8 Å². The Hall–Kier alpha value is 0.799. The summed E-state index contributed by atoms with van der Waals surface area (Å²) < 4.78 is 1.19. The van der Waals surface area contributed by atoms with E-state index in [1.807, 2.05) is 0 Å². The Morgan fingerprint density at radius 1 is 1.15 bits per heavy atom. The van der Waals surface area contributed by atoms with Gasteiger partial charge in [0.2, 0.25) is 0 Å². The molecule has 0 nitrogen and oxygen atoms in total. The van der Waals surface area contributed by atoms with Gasteiger partial charge in [0.05, 0.1) is 0 Å². The van der Waals surface area contributed by atoms with Crippen molar-refractivity contribution in [2.45, 2.75) is 53.8 Å². The topological polar surface area (TPSA) is 0 Å². The third kappa shape index (κ3) is 3.14. The van der Waals surface area contributed by atoms with Gasteiger partial charge in [-0.15, -0.1) is 0 Å². The van der Waals surface area contributed by atoms with E-state index in [4.69, 9.17) is 0 Å². The normalized spacial score (nSPS) is 35.8. The van der Waals surface area contributed by atoms with Crippen molar-refractivity contribution in [2.24, 2.45) is 17.8 Å². The average Bonchev–Trinajstić information content (AvgIpc) is 2.03. The molecule has 0 unspecified atom stereocenters. The Balaban J connectivity index is 2.60. The second-order valence-electron chi connectivity index (χ2n) is 5.51. The van der Waals surface area contributed by atoms with Gasteiger partial charge in [0.15, 0.2) is 0 Å². The molecule has 1 aliphatic rings. The Kier molecular flexibility index (Phi) is 4.60. The van der Waals surface area contributed by atoms with E-state index in [1.54, 1.807) is 6.42 Å². The zero-order valence-corrected chi connectivity index (χ0v) is 12.8. The van der Waals surface area contributed by atoms with Gasteiger partial charge in [0.25, 0.3) is 0 Å². The summed E-state index contributed by atoms with van der Waals surface area (Å²) >= 11 is -0.940. The molecular weight excluding hydrogens is 263 g/mol. The molecule has 0 aromatic rings. The second-order valence-corrected chi connectivity index (χ2v) is 13.8. The van der Waals surface area contributed by atoms with E-state index in [2.05, 4.69) is 30.7 Å². The molecule has 0 amide bonds. The third-order valence-electron chi connectivity index (χ3n) is 3.76. The zero-order chi connectivity index (χ0) is 10.0. The molecule has 1 fully saturated rings. The molecule has 1 aliphatic carbocycles. The summed E-state index contributed by atoms with van der Waals surface area (Å²) in [6, 6.07) is 0. The van der Waals surface area contributed by atoms with Crippen LogP contribution < -0.4 is 0 Å². The number of hydrogen-bond donors (Lipinski definition) is 0. The first-order valence-electron chi connectivity index (χ1n) is 5.82. The van der Waals surface area contributed by atoms with Gasteiger partial charge < -0.3 is 0 Å². The first-order chi connectivity index (χ1) is 6.02. The van der Waals surface area contributed by atoms with Crippen LogP contribution in [0.3, 0.4) is 0 Å². The van der Waals surface area contributed by atoms with E-state index in [9.17, 15) is 0 Å². The molecule has 1 saturated carbocycles. The number of hydrogen-bond acceptors (Lipinski definition) is 0. The van der Waals surface area contributed by atoms with Gasteiger partial charge in [-0.2, -0.15) is 0 Å². The molecule has 0 aliphatic heterocycles. The van der Waals surface area contributed by atoms with Crippen molar-refractivity contribution in [3.8, 4) is 0 Å². The monoisotopic (exact) mass is 289 g/mol. The fourth-order valence-electron chi connectivity index (χ4n) is 2.87. The summed E-state index contributed by atoms with van der Waals surface area (Å²) in [5, 5.41) is 0. The zero-order valence-electron chi connectivity index (χ0n) is 9.93. The van der Waals surface area contributed by atoms with Crippen molar-refractivity contribution in [2.75, 3.05) is 0 Å². The van der Waals surface area contributed by atoms with Crippen LogP contribution in [0.5, 0.6) is 0 Å². The predicted octanol–water partition coefficient (Wildman–Crippen LogP) is 4.20. The molecule has 3 atom stereocenters. The first-order valence-corrected chi connectivity index (χ1v) is 13.2. The maximum atomic E-state index is 2.60. The SMILES string of the molecule is CC(C)[C@@H]1CC[C@@H](C)C[C@H]1[Sn-]([CH3])[CH3]. The van der Waals surface area contributed by atoms with Crippen LogP contribution >= 0.6 is 0 Å². The number of rotatable bonds is 2. The van der Waals surface area contributed by atoms with Gasteiger partial charge in [-0.1, -0.05) is 0 Å². The standard InChI is InChI=1S/C10H19.2CH3.Sn/c1-8(2)10-6-4-9(3)5-7-10;;;/h6,8-10H,4-5,7H2,1-3H3;2*1H3;/q;;;-1/t9-,10-;;;/m0.../s1. The summed E-state index contributed by atoms with van der Waals surface area (Å²) in [5.41, 5.74) is 0. The fraction of sp³-hybridized carbons (Fsp3) is 1.00. The second kappa shape index (κ2) is 5.04. The summed E-state index contributed by atoms with van der Waals surface area (Å²) in [7, 11) is 0. The average molecular weight is 288 g/mol. The van der Waals surface area contributed by atoms with Crippen molar-refractivity contribution >= 4 is 19.8 Å². The van der Waals surface area contributed by atoms with Gasteiger partial charge in [0, 0.05) is 0 Å². The molecule has 0 spiro atoms. The van der Waals surface area contributed by atoms with E-state index in [0.717, 1.165) is 17.8 Å². The van der Waals surface area contributed by atoms with Crippen molar-refractivity contribution in [3.05, 3.63) is 0 Å². The Morgan fingerprint density at radius 2 is 1.77 bits per heavy atom. The van der Waals surface area contributed by atoms with E-state index < -0.39 is 19.8 Å². The molecule has 1 rings (SSSR count). The molecule has 0 bridgehead atoms. The van der Waals surface area contributed by atoms with Crippen molar-refractivity contribution in [1.82, 2.24) is 0 Å². The van der Waals surface area contributed by atoms with E-state index >= 15 is 0 Å². The minimum atomic E-state index is -0.940. The molecule has 0 radical (unpaired) electrons. The van der Waals surface area contributed by atoms with Gasteiger partial charge in [0.1, 0.15) is 0 Å². The first kappa shape index (κ1) is 11.9. The van der Waals surface area contributed by atoms with Crippen molar-refractivity contribution in [1.29, 1.82) is 0 Å². The van der Waals surface area contributed by atoms with Gasteiger partial charge in [-0.25, -0.2) is 0 Å². The molecule has 0 saturated heterocycles. The van der Waals surface area contributed by atoms with E-state index in [0.29, 0.717) is 0 Å². The summed E-state index contributed by atoms with van der Waals surface area (Å²) in [6.07, 6.45) is 4.58. The molecule has 0 aromatic carbocycles. The van der Waals surface area contributed by atoms with Crippen LogP contribution in [-0.2, 0) is 0 Å². The minimum absolute atomic E-state index is 0.938. The van der Waals surface area contributed by atoms with E-state index in [1.165, 1.54) is 16.8 Å². The van der Waals surface area contributed by atoms with Crippen LogP contribution in [0.2, 0.25) is 13.8 Å². The summed E-state index contributed by atoms with van der Waals surface area (Å²) in [6.45, 7) is 7.31. The van der Waals surface area contributed by atoms with Crippen LogP contribution in [-0.4, -0.2) is 19.8 Å². The van der Waals surface area contributed by atoms with Gasteiger partial charge >= 0.3 is 91.4 Å². The molecule has 78 valence electrons. The molecule has 0 heterocycles. The molecule has 13 heavy (non-hydrogen) atoms. The molecule has 1 heteroatoms. The molecular formula is C12H25Sn-. The van der Waals surface area contributed by atoms with Crippen molar-refractivity contribution in [3.63, 3.8) is 0 Å². The summed E-state index contributed by atoms with van der Waals surface area (Å²) in [4.78, 5) is 5.20. The van der Waals surface area contributed by atoms with Gasteiger partial charge in [-0.05, 0) is 0 Å². The van der Waals surface area contributed by atoms with Crippen LogP contribution in [0.1, 0.15) is 40.0 Å². The van der Waals surface area contributed by atoms with Crippen molar-refractivity contribution < 1.29 is 0 Å². The predicted molar refractivity (Wildman–Crippen MR) is 62.6 cm³/mol. The Labute approximate surface area is 91.2 Å². The molecule has 0 aromatic heterocycles. The van der Waals surface area contributed by atoms with Crippen LogP contribution in [0.25, 0.3) is 0 Å². The molecule has 0 N–H and O–H groups in total. The Morgan fingerprint density at radius 3 is 2.23 bits per heavy atom. The van der Waals surface area contributed by atoms with Crippen LogP contribution in [0.15, 0.2) is 0 Å². The third-order valence-corrected chi connectivity index (χ3v) is 9.89. The summed E-state index contributed by atoms with van der Waals surface area (Å²) in [5.74, 6) is 3.05. The maximum absolute atomic E-state index is 2.60. The van der Waals surface area contributed by atoms with E-state index in [-0.39, 0.29) is 0 Å².